The molecule has 2 aromatic rings. The Kier molecular flexibility index (Phi) is 7.02. The molecular weight excluding hydrogens is 462 g/mol. The highest BCUT2D eigenvalue weighted by Crippen LogP contribution is 2.44. The number of benzene rings is 2. The zero-order valence-electron chi connectivity index (χ0n) is 18.8. The predicted molar refractivity (Wildman–Crippen MR) is 121 cm³/mol. The molecule has 2 aliphatic rings. The normalized spacial score (nSPS) is 17.4. The Labute approximate surface area is 200 Å². The van der Waals surface area contributed by atoms with E-state index in [1.54, 1.807) is 0 Å². The quantitative estimate of drug-likeness (QED) is 0.552. The molecule has 1 aliphatic heterocycles. The van der Waals surface area contributed by atoms with Crippen LogP contribution in [0.4, 0.5) is 13.6 Å². The van der Waals surface area contributed by atoms with Crippen LogP contribution in [0.15, 0.2) is 48.5 Å². The maximum atomic E-state index is 13.6. The van der Waals surface area contributed by atoms with Crippen molar-refractivity contribution in [2.24, 2.45) is 0 Å². The zero-order chi connectivity index (χ0) is 25.2. The SMILES string of the molecule is O=C(NC(CC(=O)N1CCC(O)(C(=O)O)CC1)C(F)F)OCC1c2ccccc2-c2ccccc21. The van der Waals surface area contributed by atoms with Crippen molar-refractivity contribution in [1.82, 2.24) is 10.2 Å². The van der Waals surface area contributed by atoms with Crippen molar-refractivity contribution in [3.05, 3.63) is 59.7 Å². The first kappa shape index (κ1) is 24.6. The number of nitrogens with one attached hydrogen (secondary N) is 1. The van der Waals surface area contributed by atoms with Gasteiger partial charge >= 0.3 is 12.1 Å². The van der Waals surface area contributed by atoms with Gasteiger partial charge in [-0.2, -0.15) is 0 Å². The van der Waals surface area contributed by atoms with Gasteiger partial charge in [0.2, 0.25) is 5.91 Å². The Morgan fingerprint density at radius 3 is 2.09 bits per heavy atom. The molecule has 186 valence electrons. The number of hydrogen-bond donors (Lipinski definition) is 3. The largest absolute Gasteiger partial charge is 0.479 e. The Bertz CT molecular complexity index is 1070. The lowest BCUT2D eigenvalue weighted by Gasteiger charge is -2.35. The van der Waals surface area contributed by atoms with Gasteiger partial charge in [0.25, 0.3) is 6.43 Å². The minimum absolute atomic E-state index is 0.0519. The molecule has 3 N–H and O–H groups in total. The highest BCUT2D eigenvalue weighted by Gasteiger charge is 2.41. The topological polar surface area (TPSA) is 116 Å². The fraction of sp³-hybridized carbons (Fsp3) is 0.400. The number of rotatable bonds is 7. The smallest absolute Gasteiger partial charge is 0.407 e. The molecule has 1 fully saturated rings. The molecule has 35 heavy (non-hydrogen) atoms. The first-order valence-corrected chi connectivity index (χ1v) is 11.3. The van der Waals surface area contributed by atoms with Gasteiger partial charge in [-0.05, 0) is 22.3 Å². The molecular formula is C25H26F2N2O6. The van der Waals surface area contributed by atoms with Crippen LogP contribution in [0.25, 0.3) is 11.1 Å². The van der Waals surface area contributed by atoms with Gasteiger partial charge in [0.05, 0.1) is 6.42 Å². The number of nitrogens with zero attached hydrogens (tertiary/aromatic N) is 1. The number of carboxylic acids is 1. The number of carbonyl (C=O) groups is 3. The van der Waals surface area contributed by atoms with E-state index in [9.17, 15) is 28.3 Å². The Morgan fingerprint density at radius 1 is 1.03 bits per heavy atom. The van der Waals surface area contributed by atoms with Gasteiger partial charge in [-0.3, -0.25) is 4.79 Å². The highest BCUT2D eigenvalue weighted by atomic mass is 19.3. The molecule has 2 amide bonds. The number of amides is 2. The molecule has 0 spiro atoms. The minimum atomic E-state index is -3.01. The first-order valence-electron chi connectivity index (χ1n) is 11.3. The number of aliphatic hydroxyl groups is 1. The second-order valence-electron chi connectivity index (χ2n) is 8.83. The standard InChI is InChI=1S/C25H26F2N2O6/c26-22(27)20(13-21(30)29-11-9-25(34,10-12-29)23(31)32)28-24(33)35-14-19-17-7-3-1-5-15(17)16-6-2-4-8-18(16)19/h1-8,19-20,22,34H,9-14H2,(H,28,33)(H,31,32). The summed E-state index contributed by atoms with van der Waals surface area (Å²) in [5.74, 6) is -2.28. The molecule has 4 rings (SSSR count). The molecule has 2 aromatic carbocycles. The molecule has 8 nitrogen and oxygen atoms in total. The molecule has 1 aliphatic carbocycles. The van der Waals surface area contributed by atoms with Gasteiger partial charge < -0.3 is 25.2 Å². The molecule has 1 saturated heterocycles. The average Bonchev–Trinajstić information content (AvgIpc) is 3.16. The third-order valence-corrected chi connectivity index (χ3v) is 6.69. The number of alkyl halides is 2. The molecule has 1 unspecified atom stereocenters. The number of likely N-dealkylation sites (tertiary alicyclic amines) is 1. The number of alkyl carbamates (subject to hydrolysis) is 1. The fourth-order valence-corrected chi connectivity index (χ4v) is 4.65. The van der Waals surface area contributed by atoms with E-state index in [0.717, 1.165) is 22.3 Å². The Morgan fingerprint density at radius 2 is 1.57 bits per heavy atom. The van der Waals surface area contributed by atoms with Crippen molar-refractivity contribution >= 4 is 18.0 Å². The van der Waals surface area contributed by atoms with Crippen LogP contribution in [-0.4, -0.2) is 70.8 Å². The highest BCUT2D eigenvalue weighted by molar-refractivity contribution is 5.81. The van der Waals surface area contributed by atoms with E-state index in [4.69, 9.17) is 9.84 Å². The summed E-state index contributed by atoms with van der Waals surface area (Å²) < 4.78 is 32.5. The number of aliphatic carboxylic acids is 1. The zero-order valence-corrected chi connectivity index (χ0v) is 18.8. The van der Waals surface area contributed by atoms with E-state index in [0.29, 0.717) is 0 Å². The molecule has 1 heterocycles. The lowest BCUT2D eigenvalue weighted by Crippen LogP contribution is -2.52. The molecule has 0 radical (unpaired) electrons. The van der Waals surface area contributed by atoms with Crippen LogP contribution in [0.3, 0.4) is 0 Å². The van der Waals surface area contributed by atoms with Crippen LogP contribution in [0, 0.1) is 0 Å². The monoisotopic (exact) mass is 488 g/mol. The summed E-state index contributed by atoms with van der Waals surface area (Å²) in [5.41, 5.74) is 2.09. The van der Waals surface area contributed by atoms with Crippen molar-refractivity contribution in [1.29, 1.82) is 0 Å². The maximum absolute atomic E-state index is 13.6. The van der Waals surface area contributed by atoms with Crippen LogP contribution in [0.5, 0.6) is 0 Å². The van der Waals surface area contributed by atoms with E-state index in [1.165, 1.54) is 4.90 Å². The average molecular weight is 488 g/mol. The predicted octanol–water partition coefficient (Wildman–Crippen LogP) is 2.99. The van der Waals surface area contributed by atoms with E-state index in [2.05, 4.69) is 5.32 Å². The number of carboxylic acid groups (broad SMARTS) is 1. The summed E-state index contributed by atoms with van der Waals surface area (Å²) in [5, 5.41) is 21.1. The van der Waals surface area contributed by atoms with Gasteiger partial charge in [0.1, 0.15) is 12.6 Å². The van der Waals surface area contributed by atoms with Crippen LogP contribution >= 0.6 is 0 Å². The Hall–Kier alpha value is -3.53. The van der Waals surface area contributed by atoms with Gasteiger partial charge in [-0.25, -0.2) is 18.4 Å². The van der Waals surface area contributed by atoms with Crippen LogP contribution in [-0.2, 0) is 14.3 Å². The van der Waals surface area contributed by atoms with Crippen molar-refractivity contribution in [2.75, 3.05) is 19.7 Å². The number of carbonyl (C=O) groups excluding carboxylic acids is 2. The van der Waals surface area contributed by atoms with E-state index in [1.807, 2.05) is 48.5 Å². The third-order valence-electron chi connectivity index (χ3n) is 6.69. The third kappa shape index (κ3) is 5.12. The maximum Gasteiger partial charge on any atom is 0.407 e. The van der Waals surface area contributed by atoms with Gasteiger partial charge in [0, 0.05) is 31.8 Å². The number of ether oxygens (including phenoxy) is 1. The molecule has 0 aromatic heterocycles. The van der Waals surface area contributed by atoms with Crippen molar-refractivity contribution in [2.45, 2.75) is 43.2 Å². The van der Waals surface area contributed by atoms with Crippen LogP contribution in [0.2, 0.25) is 0 Å². The lowest BCUT2D eigenvalue weighted by molar-refractivity contribution is -0.165. The minimum Gasteiger partial charge on any atom is -0.479 e. The Balaban J connectivity index is 1.34. The summed E-state index contributed by atoms with van der Waals surface area (Å²) in [4.78, 5) is 37.2. The number of piperidine rings is 1. The number of halogens is 2. The molecule has 0 bridgehead atoms. The molecule has 1 atom stereocenters. The van der Waals surface area contributed by atoms with Gasteiger partial charge in [-0.15, -0.1) is 0 Å². The lowest BCUT2D eigenvalue weighted by atomic mass is 9.91. The summed E-state index contributed by atoms with van der Waals surface area (Å²) in [6.07, 6.45) is -5.14. The summed E-state index contributed by atoms with van der Waals surface area (Å²) in [6.45, 7) is -0.214. The summed E-state index contributed by atoms with van der Waals surface area (Å²) in [6, 6.07) is 13.7. The van der Waals surface area contributed by atoms with Crippen LogP contribution in [0.1, 0.15) is 36.3 Å². The molecule has 0 saturated carbocycles. The number of hydrogen-bond acceptors (Lipinski definition) is 5. The molecule has 10 heteroatoms. The van der Waals surface area contributed by atoms with E-state index < -0.39 is 42.5 Å². The van der Waals surface area contributed by atoms with Crippen molar-refractivity contribution in [3.8, 4) is 11.1 Å². The summed E-state index contributed by atoms with van der Waals surface area (Å²) >= 11 is 0. The van der Waals surface area contributed by atoms with Gasteiger partial charge in [-0.1, -0.05) is 48.5 Å². The van der Waals surface area contributed by atoms with Crippen molar-refractivity contribution < 1.29 is 38.1 Å². The van der Waals surface area contributed by atoms with Crippen molar-refractivity contribution in [3.63, 3.8) is 0 Å². The second-order valence-corrected chi connectivity index (χ2v) is 8.83. The number of fused-ring (bicyclic) bond motifs is 3. The fourth-order valence-electron chi connectivity index (χ4n) is 4.65. The van der Waals surface area contributed by atoms with E-state index in [-0.39, 0.29) is 38.5 Å². The first-order chi connectivity index (χ1) is 16.7. The van der Waals surface area contributed by atoms with E-state index >= 15 is 0 Å². The summed E-state index contributed by atoms with van der Waals surface area (Å²) in [7, 11) is 0. The van der Waals surface area contributed by atoms with Crippen LogP contribution < -0.4 is 5.32 Å². The van der Waals surface area contributed by atoms with Gasteiger partial charge in [0.15, 0.2) is 5.60 Å². The second kappa shape index (κ2) is 9.99.